The summed E-state index contributed by atoms with van der Waals surface area (Å²) in [5, 5.41) is 10.5. The van der Waals surface area contributed by atoms with Crippen LogP contribution in [0.25, 0.3) is 16.6 Å². The Balaban J connectivity index is 0.00000152. The third kappa shape index (κ3) is 4.60. The van der Waals surface area contributed by atoms with Crippen molar-refractivity contribution in [2.45, 2.75) is 20.0 Å². The Bertz CT molecular complexity index is 1420. The second-order valence-electron chi connectivity index (χ2n) is 8.95. The third-order valence-electron chi connectivity index (χ3n) is 6.92. The van der Waals surface area contributed by atoms with Crippen molar-refractivity contribution in [2.24, 2.45) is 0 Å². The average Bonchev–Trinajstić information content (AvgIpc) is 3.31. The second-order valence-corrected chi connectivity index (χ2v) is 8.95. The quantitative estimate of drug-likeness (QED) is 0.386. The van der Waals surface area contributed by atoms with Gasteiger partial charge in [-0.3, -0.25) is 14.5 Å². The summed E-state index contributed by atoms with van der Waals surface area (Å²) >= 11 is 0. The molecule has 0 N–H and O–H groups in total. The molecule has 0 amide bonds. The Hall–Kier alpha value is -3.31. The van der Waals surface area contributed by atoms with E-state index in [2.05, 4.69) is 63.3 Å². The molecule has 1 saturated heterocycles. The Kier molecular flexibility index (Phi) is 7.70. The van der Waals surface area contributed by atoms with Crippen LogP contribution in [0.4, 0.5) is 5.69 Å². The summed E-state index contributed by atoms with van der Waals surface area (Å²) in [5.74, 6) is 0.911. The topological polar surface area (TPSA) is 70.2 Å². The predicted molar refractivity (Wildman–Crippen MR) is 146 cm³/mol. The summed E-state index contributed by atoms with van der Waals surface area (Å²) in [6.45, 7) is 7.48. The van der Waals surface area contributed by atoms with Crippen molar-refractivity contribution in [3.05, 3.63) is 77.5 Å². The molecule has 186 valence electrons. The van der Waals surface area contributed by atoms with Crippen LogP contribution < -0.4 is 9.64 Å². The molecular formula is C27H28Cl2N6O. The van der Waals surface area contributed by atoms with Crippen LogP contribution in [0.1, 0.15) is 22.6 Å². The number of para-hydroxylation sites is 1. The normalized spacial score (nSPS) is 14.6. The number of ether oxygens (including phenoxy) is 1. The minimum absolute atomic E-state index is 0. The molecule has 0 bridgehead atoms. The molecule has 9 heteroatoms. The van der Waals surface area contributed by atoms with Crippen molar-refractivity contribution in [1.29, 1.82) is 5.26 Å². The molecular weight excluding hydrogens is 495 g/mol. The van der Waals surface area contributed by atoms with Gasteiger partial charge in [0.15, 0.2) is 5.69 Å². The number of halogens is 2. The van der Waals surface area contributed by atoms with E-state index < -0.39 is 0 Å². The molecule has 0 spiro atoms. The lowest BCUT2D eigenvalue weighted by atomic mass is 10.1. The lowest BCUT2D eigenvalue weighted by molar-refractivity contribution is 0.255. The monoisotopic (exact) mass is 522 g/mol. The molecule has 0 atom stereocenters. The first-order chi connectivity index (χ1) is 16.7. The zero-order valence-electron chi connectivity index (χ0n) is 20.1. The number of nitriles is 1. The van der Waals surface area contributed by atoms with Crippen LogP contribution >= 0.6 is 24.8 Å². The standard InChI is InChI=1S/C27H26N6O.2ClH/c1-19-8-9-21-22(30-19)5-3-6-24(21)32-14-12-31(13-15-32)11-10-20-4-2-7-25-27(20)34-17-26-23(16-28)29-18-33(25)26;;/h2-9,18H,10-15,17H2,1H3;2*1H. The zero-order valence-corrected chi connectivity index (χ0v) is 21.7. The van der Waals surface area contributed by atoms with E-state index in [0.717, 1.165) is 67.5 Å². The van der Waals surface area contributed by atoms with Crippen molar-refractivity contribution in [3.8, 4) is 17.5 Å². The highest BCUT2D eigenvalue weighted by molar-refractivity contribution is 5.92. The van der Waals surface area contributed by atoms with Crippen LogP contribution in [0.5, 0.6) is 5.75 Å². The number of rotatable bonds is 4. The molecule has 4 heterocycles. The van der Waals surface area contributed by atoms with Crippen LogP contribution in [-0.4, -0.2) is 52.2 Å². The molecule has 1 fully saturated rings. The molecule has 36 heavy (non-hydrogen) atoms. The Labute approximate surface area is 223 Å². The second kappa shape index (κ2) is 10.8. The van der Waals surface area contributed by atoms with Crippen LogP contribution in [0.2, 0.25) is 0 Å². The van der Waals surface area contributed by atoms with Crippen molar-refractivity contribution in [3.63, 3.8) is 0 Å². The predicted octanol–water partition coefficient (Wildman–Crippen LogP) is 4.70. The first-order valence-electron chi connectivity index (χ1n) is 11.8. The fourth-order valence-corrected chi connectivity index (χ4v) is 5.09. The van der Waals surface area contributed by atoms with Crippen LogP contribution in [-0.2, 0) is 13.0 Å². The van der Waals surface area contributed by atoms with Crippen LogP contribution in [0.15, 0.2) is 54.9 Å². The van der Waals surface area contributed by atoms with E-state index in [9.17, 15) is 5.26 Å². The van der Waals surface area contributed by atoms with Gasteiger partial charge in [0, 0.05) is 49.5 Å². The lowest BCUT2D eigenvalue weighted by Gasteiger charge is -2.36. The van der Waals surface area contributed by atoms with E-state index in [-0.39, 0.29) is 24.8 Å². The third-order valence-corrected chi connectivity index (χ3v) is 6.92. The number of pyridine rings is 1. The van der Waals surface area contributed by atoms with Crippen LogP contribution in [0.3, 0.4) is 0 Å². The van der Waals surface area contributed by atoms with Gasteiger partial charge < -0.3 is 9.64 Å². The minimum atomic E-state index is 0. The molecule has 0 unspecified atom stereocenters. The highest BCUT2D eigenvalue weighted by Crippen LogP contribution is 2.34. The van der Waals surface area contributed by atoms with Gasteiger partial charge in [0.25, 0.3) is 0 Å². The summed E-state index contributed by atoms with van der Waals surface area (Å²) in [6, 6.07) is 19.1. The number of piperazine rings is 1. The molecule has 0 saturated carbocycles. The van der Waals surface area contributed by atoms with Crippen molar-refractivity contribution < 1.29 is 4.74 Å². The zero-order chi connectivity index (χ0) is 23.1. The number of nitrogens with zero attached hydrogens (tertiary/aromatic N) is 6. The molecule has 4 aromatic rings. The summed E-state index contributed by atoms with van der Waals surface area (Å²) in [7, 11) is 0. The number of aromatic nitrogens is 3. The number of benzene rings is 2. The van der Waals surface area contributed by atoms with Crippen LogP contribution in [0, 0.1) is 18.3 Å². The number of imidazole rings is 1. The van der Waals surface area contributed by atoms with E-state index in [1.54, 1.807) is 6.33 Å². The van der Waals surface area contributed by atoms with Gasteiger partial charge in [0.1, 0.15) is 24.8 Å². The largest absolute Gasteiger partial charge is 0.485 e. The molecule has 6 rings (SSSR count). The molecule has 2 aliphatic heterocycles. The first kappa shape index (κ1) is 25.8. The van der Waals surface area contributed by atoms with E-state index in [0.29, 0.717) is 12.3 Å². The fraction of sp³-hybridized carbons (Fsp3) is 0.296. The molecule has 0 radical (unpaired) electrons. The number of hydrogen-bond donors (Lipinski definition) is 0. The molecule has 2 aromatic heterocycles. The molecule has 7 nitrogen and oxygen atoms in total. The Morgan fingerprint density at radius 2 is 1.75 bits per heavy atom. The summed E-state index contributed by atoms with van der Waals surface area (Å²) < 4.78 is 8.09. The van der Waals surface area contributed by atoms with Gasteiger partial charge in [-0.15, -0.1) is 24.8 Å². The number of aryl methyl sites for hydroxylation is 1. The van der Waals surface area contributed by atoms with Gasteiger partial charge in [0.05, 0.1) is 16.9 Å². The summed E-state index contributed by atoms with van der Waals surface area (Å²) in [6.07, 6.45) is 2.65. The maximum absolute atomic E-state index is 9.27. The molecule has 2 aromatic carbocycles. The minimum Gasteiger partial charge on any atom is -0.485 e. The molecule has 2 aliphatic rings. The van der Waals surface area contributed by atoms with Crippen molar-refractivity contribution in [1.82, 2.24) is 19.4 Å². The maximum Gasteiger partial charge on any atom is 0.165 e. The highest BCUT2D eigenvalue weighted by atomic mass is 35.5. The Morgan fingerprint density at radius 3 is 2.56 bits per heavy atom. The lowest BCUT2D eigenvalue weighted by Crippen LogP contribution is -2.47. The first-order valence-corrected chi connectivity index (χ1v) is 11.8. The van der Waals surface area contributed by atoms with Crippen molar-refractivity contribution >= 4 is 41.4 Å². The smallest absolute Gasteiger partial charge is 0.165 e. The van der Waals surface area contributed by atoms with E-state index >= 15 is 0 Å². The highest BCUT2D eigenvalue weighted by Gasteiger charge is 2.24. The van der Waals surface area contributed by atoms with E-state index in [1.807, 2.05) is 17.6 Å². The van der Waals surface area contributed by atoms with E-state index in [1.165, 1.54) is 16.6 Å². The van der Waals surface area contributed by atoms with Gasteiger partial charge in [-0.1, -0.05) is 18.2 Å². The van der Waals surface area contributed by atoms with Crippen molar-refractivity contribution in [2.75, 3.05) is 37.6 Å². The molecule has 0 aliphatic carbocycles. The summed E-state index contributed by atoms with van der Waals surface area (Å²) in [4.78, 5) is 13.9. The van der Waals surface area contributed by atoms with Gasteiger partial charge >= 0.3 is 0 Å². The average molecular weight is 523 g/mol. The van der Waals surface area contributed by atoms with Gasteiger partial charge in [0.2, 0.25) is 0 Å². The number of anilines is 1. The maximum atomic E-state index is 9.27. The van der Waals surface area contributed by atoms with E-state index in [4.69, 9.17) is 9.72 Å². The number of hydrogen-bond acceptors (Lipinski definition) is 6. The fourth-order valence-electron chi connectivity index (χ4n) is 5.09. The SMILES string of the molecule is Cc1ccc2c(N3CCN(CCc4cccc5c4OCc4c(C#N)ncn4-5)CC3)cccc2n1.Cl.Cl. The van der Waals surface area contributed by atoms with Gasteiger partial charge in [-0.2, -0.15) is 5.26 Å². The van der Waals surface area contributed by atoms with Gasteiger partial charge in [-0.05, 0) is 49.2 Å². The summed E-state index contributed by atoms with van der Waals surface area (Å²) in [5.41, 5.74) is 6.83. The Morgan fingerprint density at radius 1 is 0.972 bits per heavy atom. The number of fused-ring (bicyclic) bond motifs is 4. The van der Waals surface area contributed by atoms with Gasteiger partial charge in [-0.25, -0.2) is 4.98 Å².